The number of hydrogen-bond acceptors (Lipinski definition) is 5. The maximum Gasteiger partial charge on any atom is 0.273 e. The van der Waals surface area contributed by atoms with Gasteiger partial charge in [-0.1, -0.05) is 45.0 Å². The Morgan fingerprint density at radius 2 is 1.83 bits per heavy atom. The molecule has 1 unspecified atom stereocenters. The largest absolute Gasteiger partial charge is 0.447 e. The summed E-state index contributed by atoms with van der Waals surface area (Å²) in [4.78, 5) is 21.0. The van der Waals surface area contributed by atoms with Crippen molar-refractivity contribution in [3.05, 3.63) is 53.2 Å². The van der Waals surface area contributed by atoms with Crippen molar-refractivity contribution < 1.29 is 9.21 Å². The predicted molar refractivity (Wildman–Crippen MR) is 117 cm³/mol. The number of rotatable bonds is 11. The lowest BCUT2D eigenvalue weighted by Crippen LogP contribution is -2.32. The van der Waals surface area contributed by atoms with E-state index < -0.39 is 0 Å². The number of nitrogens with one attached hydrogen (secondary N) is 1. The van der Waals surface area contributed by atoms with Crippen molar-refractivity contribution in [3.63, 3.8) is 0 Å². The maximum absolute atomic E-state index is 12.2. The molecule has 1 aromatic carbocycles. The van der Waals surface area contributed by atoms with Gasteiger partial charge < -0.3 is 14.6 Å². The fraction of sp³-hybridized carbons (Fsp3) is 0.565. The van der Waals surface area contributed by atoms with Gasteiger partial charge in [0.2, 0.25) is 5.89 Å². The third-order valence-electron chi connectivity index (χ3n) is 5.21. The highest BCUT2D eigenvalue weighted by molar-refractivity contribution is 5.91. The summed E-state index contributed by atoms with van der Waals surface area (Å²) in [6.07, 6.45) is 2.48. The Morgan fingerprint density at radius 1 is 1.14 bits per heavy atom. The minimum Gasteiger partial charge on any atom is -0.447 e. The Morgan fingerprint density at radius 3 is 2.41 bits per heavy atom. The van der Waals surface area contributed by atoms with Crippen LogP contribution in [0.15, 0.2) is 34.9 Å². The van der Waals surface area contributed by atoms with Crippen LogP contribution >= 0.6 is 0 Å². The molecule has 0 bridgehead atoms. The number of carbonyl (C=O) groups is 1. The lowest BCUT2D eigenvalue weighted by atomic mass is 10.0. The maximum atomic E-state index is 12.2. The van der Waals surface area contributed by atoms with Gasteiger partial charge >= 0.3 is 0 Å². The molecular formula is C23H36N4O2. The molecule has 0 radical (unpaired) electrons. The predicted octanol–water partition coefficient (Wildman–Crippen LogP) is 3.89. The summed E-state index contributed by atoms with van der Waals surface area (Å²) in [5.41, 5.74) is 2.95. The molecule has 0 aliphatic rings. The van der Waals surface area contributed by atoms with E-state index >= 15 is 0 Å². The van der Waals surface area contributed by atoms with Gasteiger partial charge in [-0.25, -0.2) is 4.98 Å². The Balaban J connectivity index is 2.01. The molecule has 1 aromatic heterocycles. The van der Waals surface area contributed by atoms with Crippen molar-refractivity contribution in [1.29, 1.82) is 0 Å². The van der Waals surface area contributed by atoms with Gasteiger partial charge in [0.25, 0.3) is 5.91 Å². The van der Waals surface area contributed by atoms with E-state index in [2.05, 4.69) is 67.2 Å². The number of carbonyl (C=O) groups excluding carboxylic acids is 1. The Labute approximate surface area is 175 Å². The number of aromatic nitrogens is 1. The van der Waals surface area contributed by atoms with Gasteiger partial charge in [-0.2, -0.15) is 0 Å². The van der Waals surface area contributed by atoms with Crippen LogP contribution < -0.4 is 5.32 Å². The summed E-state index contributed by atoms with van der Waals surface area (Å²) in [6.45, 7) is 11.6. The number of amides is 1. The SMILES string of the molecule is CCC(C)N(Cc1ccc(C(C)C)cc1)Cc1nc(C(=O)NCCN(C)C)co1. The quantitative estimate of drug-likeness (QED) is 0.620. The van der Waals surface area contributed by atoms with E-state index in [0.717, 1.165) is 19.5 Å². The monoisotopic (exact) mass is 400 g/mol. The second-order valence-corrected chi connectivity index (χ2v) is 8.24. The normalized spacial score (nSPS) is 12.7. The van der Waals surface area contributed by atoms with Gasteiger partial charge in [0.05, 0.1) is 6.54 Å². The van der Waals surface area contributed by atoms with E-state index in [1.54, 1.807) is 0 Å². The first-order valence-electron chi connectivity index (χ1n) is 10.5. The molecule has 2 rings (SSSR count). The second kappa shape index (κ2) is 11.1. The van der Waals surface area contributed by atoms with Crippen molar-refractivity contribution in [2.45, 2.75) is 59.2 Å². The Bertz CT molecular complexity index is 752. The third-order valence-corrected chi connectivity index (χ3v) is 5.21. The van der Waals surface area contributed by atoms with Crippen LogP contribution in [0.3, 0.4) is 0 Å². The average Bonchev–Trinajstić information content (AvgIpc) is 3.15. The molecule has 1 N–H and O–H groups in total. The molecule has 0 aliphatic carbocycles. The van der Waals surface area contributed by atoms with Crippen LogP contribution in [0.2, 0.25) is 0 Å². The first kappa shape index (κ1) is 23.1. The van der Waals surface area contributed by atoms with Gasteiger partial charge in [0, 0.05) is 25.7 Å². The minimum absolute atomic E-state index is 0.193. The van der Waals surface area contributed by atoms with E-state index in [1.165, 1.54) is 17.4 Å². The number of nitrogens with zero attached hydrogens (tertiary/aromatic N) is 3. The van der Waals surface area contributed by atoms with Gasteiger partial charge in [-0.05, 0) is 44.5 Å². The lowest BCUT2D eigenvalue weighted by Gasteiger charge is -2.27. The summed E-state index contributed by atoms with van der Waals surface area (Å²) in [7, 11) is 3.94. The van der Waals surface area contributed by atoms with Crippen LogP contribution in [0.1, 0.15) is 67.5 Å². The number of likely N-dealkylation sites (N-methyl/N-ethyl adjacent to an activating group) is 1. The lowest BCUT2D eigenvalue weighted by molar-refractivity contribution is 0.0946. The zero-order chi connectivity index (χ0) is 21.4. The molecule has 0 spiro atoms. The van der Waals surface area contributed by atoms with E-state index in [9.17, 15) is 4.79 Å². The van der Waals surface area contributed by atoms with Gasteiger partial charge in [0.1, 0.15) is 6.26 Å². The van der Waals surface area contributed by atoms with Crippen molar-refractivity contribution in [1.82, 2.24) is 20.1 Å². The van der Waals surface area contributed by atoms with E-state index in [0.29, 0.717) is 36.6 Å². The van der Waals surface area contributed by atoms with Crippen molar-refractivity contribution in [2.24, 2.45) is 0 Å². The average molecular weight is 401 g/mol. The highest BCUT2D eigenvalue weighted by Gasteiger charge is 2.18. The zero-order valence-corrected chi connectivity index (χ0v) is 18.7. The van der Waals surface area contributed by atoms with E-state index in [-0.39, 0.29) is 5.91 Å². The van der Waals surface area contributed by atoms with Crippen molar-refractivity contribution >= 4 is 5.91 Å². The van der Waals surface area contributed by atoms with Crippen LogP contribution in [0.4, 0.5) is 0 Å². The number of benzene rings is 1. The standard InChI is InChI=1S/C23H36N4O2/c1-7-18(4)27(14-19-8-10-20(11-9-19)17(2)3)15-22-25-21(16-29-22)23(28)24-12-13-26(5)6/h8-11,16-18H,7,12-15H2,1-6H3,(H,24,28). The third kappa shape index (κ3) is 7.29. The summed E-state index contributed by atoms with van der Waals surface area (Å²) in [5.74, 6) is 0.910. The Kier molecular flexibility index (Phi) is 8.86. The first-order valence-corrected chi connectivity index (χ1v) is 10.5. The highest BCUT2D eigenvalue weighted by atomic mass is 16.3. The molecule has 0 fully saturated rings. The van der Waals surface area contributed by atoms with Crippen LogP contribution in [-0.2, 0) is 13.1 Å². The topological polar surface area (TPSA) is 61.6 Å². The van der Waals surface area contributed by atoms with E-state index in [4.69, 9.17) is 4.42 Å². The molecule has 2 aromatic rings. The molecule has 29 heavy (non-hydrogen) atoms. The van der Waals surface area contributed by atoms with E-state index in [1.807, 2.05) is 19.0 Å². The molecule has 160 valence electrons. The van der Waals surface area contributed by atoms with Gasteiger partial charge in [-0.15, -0.1) is 0 Å². The van der Waals surface area contributed by atoms with Crippen LogP contribution in [0, 0.1) is 0 Å². The van der Waals surface area contributed by atoms with Crippen molar-refractivity contribution in [2.75, 3.05) is 27.2 Å². The summed E-state index contributed by atoms with van der Waals surface area (Å²) < 4.78 is 5.60. The molecule has 1 atom stereocenters. The zero-order valence-electron chi connectivity index (χ0n) is 18.7. The molecule has 1 amide bonds. The van der Waals surface area contributed by atoms with Crippen molar-refractivity contribution in [3.8, 4) is 0 Å². The summed E-state index contributed by atoms with van der Waals surface area (Å²) in [6, 6.07) is 9.18. The molecule has 0 saturated carbocycles. The molecular weight excluding hydrogens is 364 g/mol. The second-order valence-electron chi connectivity index (χ2n) is 8.24. The minimum atomic E-state index is -0.193. The molecule has 0 aliphatic heterocycles. The van der Waals surface area contributed by atoms with Crippen LogP contribution in [-0.4, -0.2) is 53.9 Å². The van der Waals surface area contributed by atoms with Gasteiger partial charge in [0.15, 0.2) is 5.69 Å². The number of hydrogen-bond donors (Lipinski definition) is 1. The summed E-state index contributed by atoms with van der Waals surface area (Å²) in [5, 5.41) is 2.87. The summed E-state index contributed by atoms with van der Waals surface area (Å²) >= 11 is 0. The smallest absolute Gasteiger partial charge is 0.273 e. The molecule has 1 heterocycles. The highest BCUT2D eigenvalue weighted by Crippen LogP contribution is 2.18. The molecule has 6 nitrogen and oxygen atoms in total. The fourth-order valence-electron chi connectivity index (χ4n) is 3.01. The van der Waals surface area contributed by atoms with Crippen LogP contribution in [0.5, 0.6) is 0 Å². The van der Waals surface area contributed by atoms with Gasteiger partial charge in [-0.3, -0.25) is 9.69 Å². The number of oxazole rings is 1. The first-order chi connectivity index (χ1) is 13.8. The van der Waals surface area contributed by atoms with Crippen LogP contribution in [0.25, 0.3) is 0 Å². The molecule has 0 saturated heterocycles. The Hall–Kier alpha value is -2.18. The fourth-order valence-corrected chi connectivity index (χ4v) is 3.01. The molecule has 6 heteroatoms.